The molecule has 0 fully saturated rings. The van der Waals surface area contributed by atoms with Crippen LogP contribution in [0.3, 0.4) is 0 Å². The molecule has 6 heteroatoms. The highest BCUT2D eigenvalue weighted by Crippen LogP contribution is 2.34. The highest BCUT2D eigenvalue weighted by molar-refractivity contribution is 5.43. The first-order valence-electron chi connectivity index (χ1n) is 7.45. The molecule has 2 N–H and O–H groups in total. The van der Waals surface area contributed by atoms with E-state index in [0.29, 0.717) is 28.6 Å². The van der Waals surface area contributed by atoms with E-state index in [-0.39, 0.29) is 6.61 Å². The number of ether oxygens (including phenoxy) is 4. The lowest BCUT2D eigenvalue weighted by Gasteiger charge is -2.25. The van der Waals surface area contributed by atoms with E-state index in [0.717, 1.165) is 0 Å². The summed E-state index contributed by atoms with van der Waals surface area (Å²) in [5.41, 5.74) is 0.493. The SMILES string of the molecule is COc1ccc(C(O)C(CO)Oc2ccccc2OC)c(OC)c1. The Morgan fingerprint density at radius 1 is 0.875 bits per heavy atom. The van der Waals surface area contributed by atoms with Gasteiger partial charge < -0.3 is 29.2 Å². The van der Waals surface area contributed by atoms with Crippen LogP contribution in [0.25, 0.3) is 0 Å². The Bertz CT molecular complexity index is 658. The Kier molecular flexibility index (Phi) is 6.28. The molecule has 0 spiro atoms. The lowest BCUT2D eigenvalue weighted by Crippen LogP contribution is -2.29. The molecular weight excluding hydrogens is 312 g/mol. The van der Waals surface area contributed by atoms with Gasteiger partial charge >= 0.3 is 0 Å². The van der Waals surface area contributed by atoms with Crippen molar-refractivity contribution < 1.29 is 29.2 Å². The Hall–Kier alpha value is -2.44. The van der Waals surface area contributed by atoms with Crippen LogP contribution in [0.5, 0.6) is 23.0 Å². The van der Waals surface area contributed by atoms with Crippen LogP contribution in [0.4, 0.5) is 0 Å². The van der Waals surface area contributed by atoms with Crippen LogP contribution >= 0.6 is 0 Å². The van der Waals surface area contributed by atoms with Crippen molar-refractivity contribution in [2.45, 2.75) is 12.2 Å². The minimum Gasteiger partial charge on any atom is -0.497 e. The number of benzene rings is 2. The van der Waals surface area contributed by atoms with Crippen LogP contribution in [0, 0.1) is 0 Å². The summed E-state index contributed by atoms with van der Waals surface area (Å²) in [4.78, 5) is 0. The van der Waals surface area contributed by atoms with Crippen molar-refractivity contribution in [1.82, 2.24) is 0 Å². The van der Waals surface area contributed by atoms with Crippen molar-refractivity contribution >= 4 is 0 Å². The molecule has 0 saturated heterocycles. The van der Waals surface area contributed by atoms with Gasteiger partial charge in [-0.05, 0) is 24.3 Å². The molecule has 6 nitrogen and oxygen atoms in total. The van der Waals surface area contributed by atoms with Crippen molar-refractivity contribution in [3.8, 4) is 23.0 Å². The summed E-state index contributed by atoms with van der Waals surface area (Å²) in [5, 5.41) is 20.3. The third kappa shape index (κ3) is 3.90. The molecule has 0 saturated carbocycles. The minimum atomic E-state index is -1.10. The van der Waals surface area contributed by atoms with Crippen LogP contribution in [0.1, 0.15) is 11.7 Å². The number of aliphatic hydroxyl groups is 2. The molecule has 2 aromatic carbocycles. The Morgan fingerprint density at radius 2 is 1.54 bits per heavy atom. The zero-order chi connectivity index (χ0) is 17.5. The van der Waals surface area contributed by atoms with Crippen LogP contribution in [-0.2, 0) is 0 Å². The van der Waals surface area contributed by atoms with Crippen molar-refractivity contribution in [1.29, 1.82) is 0 Å². The Labute approximate surface area is 141 Å². The van der Waals surface area contributed by atoms with Crippen molar-refractivity contribution in [2.75, 3.05) is 27.9 Å². The summed E-state index contributed by atoms with van der Waals surface area (Å²) in [6.45, 7) is -0.381. The molecule has 2 rings (SSSR count). The molecule has 0 heterocycles. The second-order valence-electron chi connectivity index (χ2n) is 5.04. The lowest BCUT2D eigenvalue weighted by molar-refractivity contribution is -0.00147. The number of para-hydroxylation sites is 2. The predicted molar refractivity (Wildman–Crippen MR) is 89.0 cm³/mol. The third-order valence-electron chi connectivity index (χ3n) is 3.64. The fourth-order valence-electron chi connectivity index (χ4n) is 2.34. The number of aliphatic hydroxyl groups excluding tert-OH is 2. The first-order chi connectivity index (χ1) is 11.6. The van der Waals surface area contributed by atoms with Gasteiger partial charge in [0.1, 0.15) is 17.6 Å². The van der Waals surface area contributed by atoms with E-state index in [4.69, 9.17) is 18.9 Å². The summed E-state index contributed by atoms with van der Waals surface area (Å²) < 4.78 is 21.4. The van der Waals surface area contributed by atoms with Crippen LogP contribution in [-0.4, -0.2) is 44.3 Å². The van der Waals surface area contributed by atoms with Gasteiger partial charge in [-0.1, -0.05) is 12.1 Å². The van der Waals surface area contributed by atoms with Gasteiger partial charge in [-0.25, -0.2) is 0 Å². The Balaban J connectivity index is 2.27. The standard InChI is InChI=1S/C18H22O6/c1-21-12-8-9-13(16(10-12)23-3)18(20)17(11-19)24-15-7-5-4-6-14(15)22-2/h4-10,17-20H,11H2,1-3H3. The van der Waals surface area contributed by atoms with Gasteiger partial charge in [0.15, 0.2) is 17.6 Å². The quantitative estimate of drug-likeness (QED) is 0.770. The van der Waals surface area contributed by atoms with Gasteiger partial charge in [0, 0.05) is 11.6 Å². The molecule has 2 unspecified atom stereocenters. The van der Waals surface area contributed by atoms with E-state index in [1.54, 1.807) is 43.5 Å². The molecule has 0 amide bonds. The van der Waals surface area contributed by atoms with Crippen molar-refractivity contribution in [3.63, 3.8) is 0 Å². The predicted octanol–water partition coefficient (Wildman–Crippen LogP) is 2.19. The minimum absolute atomic E-state index is 0.381. The summed E-state index contributed by atoms with van der Waals surface area (Å²) in [6, 6.07) is 12.1. The molecule has 0 radical (unpaired) electrons. The van der Waals surface area contributed by atoms with Crippen LogP contribution < -0.4 is 18.9 Å². The van der Waals surface area contributed by atoms with E-state index < -0.39 is 12.2 Å². The molecule has 2 atom stereocenters. The van der Waals surface area contributed by atoms with Crippen molar-refractivity contribution in [3.05, 3.63) is 48.0 Å². The molecular formula is C18H22O6. The van der Waals surface area contributed by atoms with E-state index in [1.807, 2.05) is 6.07 Å². The van der Waals surface area contributed by atoms with Crippen LogP contribution in [0.2, 0.25) is 0 Å². The number of hydrogen-bond donors (Lipinski definition) is 2. The maximum Gasteiger partial charge on any atom is 0.161 e. The topological polar surface area (TPSA) is 77.4 Å². The maximum absolute atomic E-state index is 10.6. The number of hydrogen-bond acceptors (Lipinski definition) is 6. The summed E-state index contributed by atoms with van der Waals surface area (Å²) >= 11 is 0. The highest BCUT2D eigenvalue weighted by atomic mass is 16.5. The Morgan fingerprint density at radius 3 is 2.12 bits per heavy atom. The summed E-state index contributed by atoms with van der Waals surface area (Å²) in [6.07, 6.45) is -1.98. The average Bonchev–Trinajstić information content (AvgIpc) is 2.65. The number of rotatable bonds is 8. The molecule has 0 aliphatic heterocycles. The zero-order valence-electron chi connectivity index (χ0n) is 13.9. The summed E-state index contributed by atoms with van der Waals surface area (Å²) in [5.74, 6) is 2.01. The largest absolute Gasteiger partial charge is 0.497 e. The molecule has 24 heavy (non-hydrogen) atoms. The van der Waals surface area contributed by atoms with E-state index in [1.165, 1.54) is 14.2 Å². The fourth-order valence-corrected chi connectivity index (χ4v) is 2.34. The van der Waals surface area contributed by atoms with Crippen molar-refractivity contribution in [2.24, 2.45) is 0 Å². The lowest BCUT2D eigenvalue weighted by atomic mass is 10.0. The van der Waals surface area contributed by atoms with E-state index in [9.17, 15) is 10.2 Å². The molecule has 0 aliphatic rings. The van der Waals surface area contributed by atoms with Gasteiger partial charge in [-0.2, -0.15) is 0 Å². The van der Waals surface area contributed by atoms with E-state index >= 15 is 0 Å². The van der Waals surface area contributed by atoms with Gasteiger partial charge in [0.05, 0.1) is 27.9 Å². The molecule has 0 aromatic heterocycles. The normalized spacial score (nSPS) is 13.0. The van der Waals surface area contributed by atoms with E-state index in [2.05, 4.69) is 0 Å². The molecule has 0 bridgehead atoms. The first kappa shape index (κ1) is 17.9. The van der Waals surface area contributed by atoms with Crippen LogP contribution in [0.15, 0.2) is 42.5 Å². The van der Waals surface area contributed by atoms with Gasteiger partial charge in [0.25, 0.3) is 0 Å². The number of methoxy groups -OCH3 is 3. The second kappa shape index (κ2) is 8.42. The zero-order valence-corrected chi connectivity index (χ0v) is 13.9. The second-order valence-corrected chi connectivity index (χ2v) is 5.04. The molecule has 130 valence electrons. The summed E-state index contributed by atoms with van der Waals surface area (Å²) in [7, 11) is 4.57. The van der Waals surface area contributed by atoms with Gasteiger partial charge in [0.2, 0.25) is 0 Å². The van der Waals surface area contributed by atoms with Gasteiger partial charge in [-0.3, -0.25) is 0 Å². The smallest absolute Gasteiger partial charge is 0.161 e. The molecule has 0 aliphatic carbocycles. The maximum atomic E-state index is 10.6. The highest BCUT2D eigenvalue weighted by Gasteiger charge is 2.26. The first-order valence-corrected chi connectivity index (χ1v) is 7.45. The third-order valence-corrected chi connectivity index (χ3v) is 3.64. The monoisotopic (exact) mass is 334 g/mol. The van der Waals surface area contributed by atoms with Gasteiger partial charge in [-0.15, -0.1) is 0 Å². The fraction of sp³-hybridized carbons (Fsp3) is 0.333. The average molecular weight is 334 g/mol. The molecule has 2 aromatic rings.